The molecule has 0 atom stereocenters. The number of imidazole rings is 1. The Labute approximate surface area is 199 Å². The van der Waals surface area contributed by atoms with Crippen molar-refractivity contribution in [1.82, 2.24) is 9.38 Å². The van der Waals surface area contributed by atoms with Crippen molar-refractivity contribution in [2.24, 2.45) is 0 Å². The van der Waals surface area contributed by atoms with Gasteiger partial charge in [0.25, 0.3) is 0 Å². The lowest BCUT2D eigenvalue weighted by molar-refractivity contribution is 0.355. The van der Waals surface area contributed by atoms with E-state index in [0.717, 1.165) is 39.5 Å². The monoisotopic (exact) mass is 449 g/mol. The summed E-state index contributed by atoms with van der Waals surface area (Å²) in [6, 6.07) is 26.7. The van der Waals surface area contributed by atoms with Crippen LogP contribution >= 0.6 is 0 Å². The molecular formula is C29H27N3O2. The second-order valence-corrected chi connectivity index (χ2v) is 8.28. The molecule has 0 saturated carbocycles. The molecule has 3 aromatic carbocycles. The van der Waals surface area contributed by atoms with E-state index in [2.05, 4.69) is 84.4 Å². The molecule has 0 aliphatic heterocycles. The molecule has 5 nitrogen and oxygen atoms in total. The number of ether oxygens (including phenoxy) is 2. The molecule has 1 N–H and O–H groups in total. The predicted molar refractivity (Wildman–Crippen MR) is 138 cm³/mol. The molecule has 2 heterocycles. The third-order valence-corrected chi connectivity index (χ3v) is 6.11. The Hall–Kier alpha value is -4.25. The van der Waals surface area contributed by atoms with Crippen molar-refractivity contribution in [3.05, 3.63) is 96.2 Å². The number of pyridine rings is 1. The van der Waals surface area contributed by atoms with Crippen LogP contribution in [-0.4, -0.2) is 23.6 Å². The van der Waals surface area contributed by atoms with Crippen molar-refractivity contribution >= 4 is 17.2 Å². The van der Waals surface area contributed by atoms with Gasteiger partial charge in [0.05, 0.1) is 14.2 Å². The maximum Gasteiger partial charge on any atom is 0.161 e. The average Bonchev–Trinajstić information content (AvgIpc) is 3.24. The van der Waals surface area contributed by atoms with E-state index in [1.54, 1.807) is 14.2 Å². The molecule has 0 amide bonds. The third kappa shape index (κ3) is 3.86. The summed E-state index contributed by atoms with van der Waals surface area (Å²) in [5.74, 6) is 2.25. The van der Waals surface area contributed by atoms with Crippen LogP contribution in [0.5, 0.6) is 11.5 Å². The van der Waals surface area contributed by atoms with Gasteiger partial charge < -0.3 is 14.8 Å². The summed E-state index contributed by atoms with van der Waals surface area (Å²) in [5, 5.41) is 3.70. The Morgan fingerprint density at radius 1 is 0.706 bits per heavy atom. The maximum absolute atomic E-state index is 5.57. The zero-order valence-corrected chi connectivity index (χ0v) is 19.8. The molecule has 34 heavy (non-hydrogen) atoms. The van der Waals surface area contributed by atoms with E-state index in [-0.39, 0.29) is 0 Å². The summed E-state index contributed by atoms with van der Waals surface area (Å²) in [5.41, 5.74) is 8.34. The number of aromatic nitrogens is 2. The maximum atomic E-state index is 5.57. The Morgan fingerprint density at radius 3 is 2.12 bits per heavy atom. The van der Waals surface area contributed by atoms with Gasteiger partial charge in [-0.05, 0) is 66.4 Å². The fourth-order valence-corrected chi connectivity index (χ4v) is 4.28. The second-order valence-electron chi connectivity index (χ2n) is 8.28. The number of anilines is 2. The van der Waals surface area contributed by atoms with Gasteiger partial charge in [0.2, 0.25) is 0 Å². The van der Waals surface area contributed by atoms with E-state index in [4.69, 9.17) is 14.5 Å². The van der Waals surface area contributed by atoms with Crippen molar-refractivity contribution in [3.8, 4) is 33.9 Å². The molecule has 0 aliphatic rings. The van der Waals surface area contributed by atoms with Gasteiger partial charge in [0, 0.05) is 17.4 Å². The summed E-state index contributed by atoms with van der Waals surface area (Å²) >= 11 is 0. The summed E-state index contributed by atoms with van der Waals surface area (Å²) in [6.07, 6.45) is 2.14. The average molecular weight is 450 g/mol. The highest BCUT2D eigenvalue weighted by atomic mass is 16.5. The molecule has 0 fully saturated rings. The molecule has 170 valence electrons. The topological polar surface area (TPSA) is 47.8 Å². The molecule has 2 aromatic heterocycles. The van der Waals surface area contributed by atoms with Gasteiger partial charge in [-0.15, -0.1) is 0 Å². The van der Waals surface area contributed by atoms with Gasteiger partial charge in [-0.3, -0.25) is 4.40 Å². The number of methoxy groups -OCH3 is 2. The first kappa shape index (κ1) is 21.6. The van der Waals surface area contributed by atoms with Crippen LogP contribution in [-0.2, 0) is 0 Å². The molecule has 5 aromatic rings. The van der Waals surface area contributed by atoms with Gasteiger partial charge in [-0.1, -0.05) is 48.5 Å². The lowest BCUT2D eigenvalue weighted by atomic mass is 10.1. The summed E-state index contributed by atoms with van der Waals surface area (Å²) in [6.45, 7) is 4.23. The van der Waals surface area contributed by atoms with Crippen LogP contribution in [0, 0.1) is 13.8 Å². The smallest absolute Gasteiger partial charge is 0.161 e. The largest absolute Gasteiger partial charge is 0.493 e. The summed E-state index contributed by atoms with van der Waals surface area (Å²) in [4.78, 5) is 5.01. The standard InChI is InChI=1S/C29H27N3O2/c1-19-9-8-10-20(2)27(19)31-29-28(22-13-15-24(33-3)25(17-22)34-4)30-26-16-14-23(18-32(26)29)21-11-6-5-7-12-21/h5-18,31H,1-4H3. The fourth-order valence-electron chi connectivity index (χ4n) is 4.28. The van der Waals surface area contributed by atoms with Crippen molar-refractivity contribution in [3.63, 3.8) is 0 Å². The quantitative estimate of drug-likeness (QED) is 0.302. The van der Waals surface area contributed by atoms with Crippen LogP contribution in [0.25, 0.3) is 28.0 Å². The van der Waals surface area contributed by atoms with Crippen LogP contribution in [0.3, 0.4) is 0 Å². The highest BCUT2D eigenvalue weighted by Crippen LogP contribution is 2.38. The lowest BCUT2D eigenvalue weighted by Gasteiger charge is -2.15. The molecule has 5 heteroatoms. The normalized spacial score (nSPS) is 10.9. The van der Waals surface area contributed by atoms with Crippen molar-refractivity contribution in [2.45, 2.75) is 13.8 Å². The van der Waals surface area contributed by atoms with Gasteiger partial charge in [0.1, 0.15) is 17.2 Å². The predicted octanol–water partition coefficient (Wildman–Crippen LogP) is 7.05. The molecular weight excluding hydrogens is 422 g/mol. The second kappa shape index (κ2) is 8.94. The fraction of sp³-hybridized carbons (Fsp3) is 0.138. The number of nitrogens with zero attached hydrogens (tertiary/aromatic N) is 2. The van der Waals surface area contributed by atoms with E-state index in [9.17, 15) is 0 Å². The molecule has 0 aliphatic carbocycles. The number of rotatable bonds is 6. The number of aryl methyl sites for hydroxylation is 2. The van der Waals surface area contributed by atoms with Gasteiger partial charge in [0.15, 0.2) is 11.5 Å². The summed E-state index contributed by atoms with van der Waals surface area (Å²) in [7, 11) is 3.29. The minimum atomic E-state index is 0.667. The highest BCUT2D eigenvalue weighted by Gasteiger charge is 2.18. The van der Waals surface area contributed by atoms with E-state index in [0.29, 0.717) is 11.5 Å². The van der Waals surface area contributed by atoms with Gasteiger partial charge in [-0.2, -0.15) is 0 Å². The molecule has 0 radical (unpaired) electrons. The van der Waals surface area contributed by atoms with Gasteiger partial charge >= 0.3 is 0 Å². The van der Waals surface area contributed by atoms with E-state index in [1.807, 2.05) is 24.3 Å². The summed E-state index contributed by atoms with van der Waals surface area (Å²) < 4.78 is 13.1. The zero-order valence-electron chi connectivity index (χ0n) is 19.8. The van der Waals surface area contributed by atoms with E-state index in [1.165, 1.54) is 11.1 Å². The molecule has 5 rings (SSSR count). The molecule has 0 bridgehead atoms. The Balaban J connectivity index is 1.74. The molecule has 0 saturated heterocycles. The SMILES string of the molecule is COc1ccc(-c2nc3ccc(-c4ccccc4)cn3c2Nc2c(C)cccc2C)cc1OC. The first-order chi connectivity index (χ1) is 16.6. The number of hydrogen-bond acceptors (Lipinski definition) is 4. The van der Waals surface area contributed by atoms with E-state index < -0.39 is 0 Å². The minimum Gasteiger partial charge on any atom is -0.493 e. The lowest BCUT2D eigenvalue weighted by Crippen LogP contribution is -2.01. The van der Waals surface area contributed by atoms with Crippen molar-refractivity contribution < 1.29 is 9.47 Å². The number of para-hydroxylation sites is 1. The van der Waals surface area contributed by atoms with Crippen LogP contribution in [0.2, 0.25) is 0 Å². The Kier molecular flexibility index (Phi) is 5.68. The van der Waals surface area contributed by atoms with E-state index >= 15 is 0 Å². The first-order valence-corrected chi connectivity index (χ1v) is 11.2. The van der Waals surface area contributed by atoms with Crippen LogP contribution in [0.1, 0.15) is 11.1 Å². The molecule has 0 spiro atoms. The zero-order chi connectivity index (χ0) is 23.7. The Bertz CT molecular complexity index is 1450. The minimum absolute atomic E-state index is 0.667. The van der Waals surface area contributed by atoms with Crippen LogP contribution in [0.4, 0.5) is 11.5 Å². The number of fused-ring (bicyclic) bond motifs is 1. The van der Waals surface area contributed by atoms with Crippen molar-refractivity contribution in [1.29, 1.82) is 0 Å². The van der Waals surface area contributed by atoms with Crippen molar-refractivity contribution in [2.75, 3.05) is 19.5 Å². The number of nitrogens with one attached hydrogen (secondary N) is 1. The number of benzene rings is 3. The van der Waals surface area contributed by atoms with Gasteiger partial charge in [-0.25, -0.2) is 4.98 Å². The highest BCUT2D eigenvalue weighted by molar-refractivity contribution is 5.83. The third-order valence-electron chi connectivity index (χ3n) is 6.11. The van der Waals surface area contributed by atoms with Crippen LogP contribution in [0.15, 0.2) is 85.1 Å². The molecule has 0 unspecified atom stereocenters. The first-order valence-electron chi connectivity index (χ1n) is 11.2. The number of hydrogen-bond donors (Lipinski definition) is 1. The van der Waals surface area contributed by atoms with Crippen LogP contribution < -0.4 is 14.8 Å². The Morgan fingerprint density at radius 2 is 1.41 bits per heavy atom.